The highest BCUT2D eigenvalue weighted by Crippen LogP contribution is 2.47. The van der Waals surface area contributed by atoms with Crippen molar-refractivity contribution in [2.45, 2.75) is 76.5 Å². The first kappa shape index (κ1) is 37.0. The molecular weight excluding hydrogens is 680 g/mol. The third-order valence-corrected chi connectivity index (χ3v) is 10.1. The molecule has 2 atom stereocenters. The Labute approximate surface area is 287 Å². The summed E-state index contributed by atoms with van der Waals surface area (Å²) in [6, 6.07) is 7.26. The second-order valence-electron chi connectivity index (χ2n) is 12.4. The number of halogens is 3. The summed E-state index contributed by atoms with van der Waals surface area (Å²) in [5.74, 6) is -1.28. The molecule has 1 aliphatic carbocycles. The number of esters is 1. The van der Waals surface area contributed by atoms with Gasteiger partial charge >= 0.3 is 19.7 Å². The van der Waals surface area contributed by atoms with Gasteiger partial charge in [0.15, 0.2) is 0 Å². The maximum Gasteiger partial charge on any atom is 0.421 e. The fourth-order valence-electron chi connectivity index (χ4n) is 6.24. The van der Waals surface area contributed by atoms with Crippen molar-refractivity contribution in [1.29, 1.82) is 0 Å². The number of fused-ring (bicyclic) bond motifs is 1. The number of amides is 1. The van der Waals surface area contributed by atoms with Gasteiger partial charge in [-0.25, -0.2) is 4.98 Å². The number of benzene rings is 2. The molecule has 2 heterocycles. The third-order valence-electron chi connectivity index (χ3n) is 8.65. The Balaban J connectivity index is 1.42. The van der Waals surface area contributed by atoms with E-state index in [1.807, 2.05) is 6.07 Å². The lowest BCUT2D eigenvalue weighted by Gasteiger charge is -2.30. The van der Waals surface area contributed by atoms with E-state index >= 15 is 0 Å². The van der Waals surface area contributed by atoms with E-state index in [9.17, 15) is 32.2 Å². The molecule has 17 heteroatoms. The van der Waals surface area contributed by atoms with Gasteiger partial charge < -0.3 is 40.2 Å². The van der Waals surface area contributed by atoms with E-state index in [1.54, 1.807) is 33.0 Å². The molecule has 1 aromatic heterocycles. The summed E-state index contributed by atoms with van der Waals surface area (Å²) in [6.07, 6.45) is -2.07. The highest BCUT2D eigenvalue weighted by molar-refractivity contribution is 7.51. The zero-order chi connectivity index (χ0) is 36.4. The number of carbonyl (C=O) groups excluding carboxylic acids is 2. The van der Waals surface area contributed by atoms with Crippen molar-refractivity contribution in [2.75, 3.05) is 31.4 Å². The zero-order valence-electron chi connectivity index (χ0n) is 28.0. The van der Waals surface area contributed by atoms with Crippen LogP contribution in [-0.4, -0.2) is 64.5 Å². The third kappa shape index (κ3) is 8.37. The number of alkyl halides is 3. The number of ether oxygens (including phenoxy) is 2. The molecule has 50 heavy (non-hydrogen) atoms. The van der Waals surface area contributed by atoms with Gasteiger partial charge in [0.2, 0.25) is 5.95 Å². The fourth-order valence-corrected chi connectivity index (χ4v) is 7.39. The molecule has 0 saturated heterocycles. The Kier molecular flexibility index (Phi) is 11.1. The number of nitrogens with zero attached hydrogens (tertiary/aromatic N) is 3. The van der Waals surface area contributed by atoms with Crippen LogP contribution in [0.15, 0.2) is 36.5 Å². The Morgan fingerprint density at radius 3 is 2.50 bits per heavy atom. The standard InChI is InChI=1S/C33H40F3N6O7P/c1-5-48-50(45,46)17-19-6-12-25(27(14-19)47-4)40-32-38-15-24(33(34,35)36)29(41-32)39-26-13-11-22(23-16-42(3)30(43)28(23)26)20-7-9-21(10-8-20)49-31(44)18(2)37/h6,11-15,18,20-21H,5,7-10,16-17,37H2,1-4H3,(H,45,46)(H2,38,39,40,41)/t18-,20-,21-/m0/s1. The molecule has 1 saturated carbocycles. The molecule has 2 aromatic carbocycles. The van der Waals surface area contributed by atoms with Gasteiger partial charge in [0.05, 0.1) is 36.8 Å². The summed E-state index contributed by atoms with van der Waals surface area (Å²) >= 11 is 0. The van der Waals surface area contributed by atoms with Crippen LogP contribution in [0.5, 0.6) is 5.75 Å². The lowest BCUT2D eigenvalue weighted by Crippen LogP contribution is -2.33. The molecule has 3 aromatic rings. The van der Waals surface area contributed by atoms with E-state index in [2.05, 4.69) is 20.6 Å². The van der Waals surface area contributed by atoms with Gasteiger partial charge in [-0.2, -0.15) is 18.2 Å². The summed E-state index contributed by atoms with van der Waals surface area (Å²) in [6.45, 7) is 3.51. The predicted molar refractivity (Wildman–Crippen MR) is 179 cm³/mol. The lowest BCUT2D eigenvalue weighted by atomic mass is 9.80. The molecule has 270 valence electrons. The maximum absolute atomic E-state index is 14.2. The van der Waals surface area contributed by atoms with E-state index in [0.29, 0.717) is 37.4 Å². The van der Waals surface area contributed by atoms with Crippen LogP contribution in [-0.2, 0) is 37.5 Å². The lowest BCUT2D eigenvalue weighted by molar-refractivity contribution is -0.151. The normalized spacial score (nSPS) is 19.4. The highest BCUT2D eigenvalue weighted by Gasteiger charge is 2.38. The van der Waals surface area contributed by atoms with Gasteiger partial charge in [0.1, 0.15) is 29.3 Å². The van der Waals surface area contributed by atoms with Crippen LogP contribution in [0.2, 0.25) is 0 Å². The minimum atomic E-state index is -4.83. The molecule has 0 spiro atoms. The van der Waals surface area contributed by atoms with Crippen molar-refractivity contribution >= 4 is 42.6 Å². The minimum Gasteiger partial charge on any atom is -0.495 e. The van der Waals surface area contributed by atoms with Crippen LogP contribution in [0.3, 0.4) is 0 Å². The van der Waals surface area contributed by atoms with Crippen molar-refractivity contribution in [3.63, 3.8) is 0 Å². The molecule has 1 fully saturated rings. The molecule has 13 nitrogen and oxygen atoms in total. The van der Waals surface area contributed by atoms with Crippen LogP contribution in [0.4, 0.5) is 36.3 Å². The first-order valence-corrected chi connectivity index (χ1v) is 17.8. The Morgan fingerprint density at radius 1 is 1.16 bits per heavy atom. The number of rotatable bonds is 12. The van der Waals surface area contributed by atoms with Crippen LogP contribution >= 0.6 is 7.60 Å². The van der Waals surface area contributed by atoms with Gasteiger partial charge in [-0.3, -0.25) is 14.2 Å². The average Bonchev–Trinajstić information content (AvgIpc) is 3.35. The molecular formula is C33H40F3N6O7P. The maximum atomic E-state index is 14.2. The zero-order valence-corrected chi connectivity index (χ0v) is 28.9. The molecule has 2 aliphatic rings. The summed E-state index contributed by atoms with van der Waals surface area (Å²) < 4.78 is 70.7. The van der Waals surface area contributed by atoms with Crippen molar-refractivity contribution in [2.24, 2.45) is 5.73 Å². The number of anilines is 4. The van der Waals surface area contributed by atoms with E-state index in [0.717, 1.165) is 11.1 Å². The monoisotopic (exact) mass is 720 g/mol. The number of carbonyl (C=O) groups is 2. The molecule has 5 rings (SSSR count). The first-order chi connectivity index (χ1) is 23.6. The van der Waals surface area contributed by atoms with E-state index in [-0.39, 0.29) is 65.9 Å². The summed E-state index contributed by atoms with van der Waals surface area (Å²) in [5.41, 5.74) is 7.29. The van der Waals surface area contributed by atoms with Crippen LogP contribution < -0.4 is 21.1 Å². The van der Waals surface area contributed by atoms with Crippen molar-refractivity contribution in [3.8, 4) is 5.75 Å². The number of hydrogen-bond acceptors (Lipinski definition) is 11. The fraction of sp³-hybridized carbons (Fsp3) is 0.455. The van der Waals surface area contributed by atoms with Gasteiger partial charge in [0.25, 0.3) is 5.91 Å². The first-order valence-electron chi connectivity index (χ1n) is 16.1. The topological polar surface area (TPSA) is 178 Å². The van der Waals surface area contributed by atoms with E-state index in [4.69, 9.17) is 19.7 Å². The average molecular weight is 721 g/mol. The van der Waals surface area contributed by atoms with E-state index < -0.39 is 37.2 Å². The van der Waals surface area contributed by atoms with Crippen molar-refractivity contribution in [3.05, 3.63) is 64.3 Å². The molecule has 0 bridgehead atoms. The SMILES string of the molecule is CCOP(=O)(O)Cc1ccc(Nc2ncc(C(F)(F)F)c(Nc3ccc([C@H]4CC[C@H](OC(=O)[C@H](C)N)CC4)c4c3C(=O)N(C)C4)n2)c(OC)c1. The molecule has 5 N–H and O–H groups in total. The van der Waals surface area contributed by atoms with Crippen LogP contribution in [0.1, 0.15) is 78.1 Å². The van der Waals surface area contributed by atoms with Gasteiger partial charge in [0, 0.05) is 19.8 Å². The Bertz CT molecular complexity index is 1800. The Morgan fingerprint density at radius 2 is 1.86 bits per heavy atom. The number of nitrogens with two attached hydrogens (primary N) is 1. The highest BCUT2D eigenvalue weighted by atomic mass is 31.2. The van der Waals surface area contributed by atoms with E-state index in [1.165, 1.54) is 24.1 Å². The number of nitrogens with one attached hydrogen (secondary N) is 2. The molecule has 1 unspecified atom stereocenters. The van der Waals surface area contributed by atoms with Gasteiger partial charge in [-0.15, -0.1) is 0 Å². The summed E-state index contributed by atoms with van der Waals surface area (Å²) in [4.78, 5) is 44.9. The smallest absolute Gasteiger partial charge is 0.421 e. The van der Waals surface area contributed by atoms with Crippen LogP contribution in [0, 0.1) is 0 Å². The number of aromatic nitrogens is 2. The Hall–Kier alpha value is -4.24. The molecule has 1 amide bonds. The minimum absolute atomic E-state index is 0.0558. The molecule has 0 radical (unpaired) electrons. The van der Waals surface area contributed by atoms with Crippen LogP contribution in [0.25, 0.3) is 0 Å². The molecule has 1 aliphatic heterocycles. The van der Waals surface area contributed by atoms with Gasteiger partial charge in [-0.1, -0.05) is 12.1 Å². The number of methoxy groups -OCH3 is 1. The second kappa shape index (κ2) is 14.9. The number of hydrogen-bond donors (Lipinski definition) is 4. The summed E-state index contributed by atoms with van der Waals surface area (Å²) in [5, 5.41) is 5.62. The quantitative estimate of drug-likeness (QED) is 0.123. The summed E-state index contributed by atoms with van der Waals surface area (Å²) in [7, 11) is -0.891. The largest absolute Gasteiger partial charge is 0.495 e. The predicted octanol–water partition coefficient (Wildman–Crippen LogP) is 6.22. The van der Waals surface area contributed by atoms with Crippen molar-refractivity contribution in [1.82, 2.24) is 14.9 Å². The second-order valence-corrected chi connectivity index (χ2v) is 14.2. The van der Waals surface area contributed by atoms with Crippen molar-refractivity contribution < 1.29 is 46.2 Å². The van der Waals surface area contributed by atoms with Gasteiger partial charge in [-0.05, 0) is 80.3 Å².